The van der Waals surface area contributed by atoms with Gasteiger partial charge in [-0.25, -0.2) is 4.79 Å². The number of carbonyl (C=O) groups excluding carboxylic acids is 1. The van der Waals surface area contributed by atoms with Crippen molar-refractivity contribution < 1.29 is 4.79 Å². The average Bonchev–Trinajstić information content (AvgIpc) is 1.99. The Hall–Kier alpha value is -0.0400. The van der Waals surface area contributed by atoms with Crippen LogP contribution in [-0.2, 0) is 4.79 Å². The lowest BCUT2D eigenvalue weighted by Gasteiger charge is -1.99. The van der Waals surface area contributed by atoms with Crippen molar-refractivity contribution in [1.82, 2.24) is 0 Å². The van der Waals surface area contributed by atoms with Gasteiger partial charge in [-0.2, -0.15) is 4.99 Å². The molecule has 0 saturated carbocycles. The molecule has 0 saturated heterocycles. The predicted octanol–water partition coefficient (Wildman–Crippen LogP) is 2.69. The topological polar surface area (TPSA) is 29.4 Å². The Morgan fingerprint density at radius 3 is 2.64 bits per heavy atom. The summed E-state index contributed by atoms with van der Waals surface area (Å²) >= 11 is 11.1. The number of alkyl halides is 2. The standard InChI is InChI=1S/C7H11Cl2NO/c8-5-3-1-2-4-7(9)10-6-11/h7H,1-5H2. The molecule has 64 valence electrons. The molecule has 1 unspecified atom stereocenters. The van der Waals surface area contributed by atoms with Gasteiger partial charge in [-0.05, 0) is 12.8 Å². The van der Waals surface area contributed by atoms with E-state index in [4.69, 9.17) is 23.2 Å². The molecule has 0 fully saturated rings. The fourth-order valence-electron chi connectivity index (χ4n) is 0.706. The van der Waals surface area contributed by atoms with Gasteiger partial charge in [0.2, 0.25) is 6.08 Å². The number of nitrogens with zero attached hydrogens (tertiary/aromatic N) is 1. The molecule has 0 aromatic carbocycles. The van der Waals surface area contributed by atoms with Crippen LogP contribution in [0.5, 0.6) is 0 Å². The lowest BCUT2D eigenvalue weighted by molar-refractivity contribution is 0.559. The minimum Gasteiger partial charge on any atom is -0.211 e. The second-order valence-corrected chi connectivity index (χ2v) is 3.07. The van der Waals surface area contributed by atoms with Crippen LogP contribution in [0.2, 0.25) is 0 Å². The highest BCUT2D eigenvalue weighted by atomic mass is 35.5. The van der Waals surface area contributed by atoms with Crippen molar-refractivity contribution in [3.63, 3.8) is 0 Å². The Kier molecular flexibility index (Phi) is 8.03. The summed E-state index contributed by atoms with van der Waals surface area (Å²) in [5.74, 6) is 0.684. The minimum atomic E-state index is -0.400. The molecule has 0 aliphatic heterocycles. The van der Waals surface area contributed by atoms with Crippen molar-refractivity contribution in [2.24, 2.45) is 4.99 Å². The Morgan fingerprint density at radius 1 is 1.36 bits per heavy atom. The van der Waals surface area contributed by atoms with Crippen LogP contribution in [-0.4, -0.2) is 17.5 Å². The van der Waals surface area contributed by atoms with Crippen molar-refractivity contribution in [3.05, 3.63) is 0 Å². The second kappa shape index (κ2) is 8.06. The smallest absolute Gasteiger partial charge is 0.211 e. The summed E-state index contributed by atoms with van der Waals surface area (Å²) in [7, 11) is 0. The zero-order valence-corrected chi connectivity index (χ0v) is 7.74. The molecule has 0 N–H and O–H groups in total. The van der Waals surface area contributed by atoms with E-state index in [1.54, 1.807) is 0 Å². The van der Waals surface area contributed by atoms with E-state index in [0.717, 1.165) is 25.7 Å². The van der Waals surface area contributed by atoms with Crippen molar-refractivity contribution in [3.8, 4) is 0 Å². The van der Waals surface area contributed by atoms with E-state index in [1.165, 1.54) is 6.08 Å². The Bertz CT molecular complexity index is 134. The monoisotopic (exact) mass is 195 g/mol. The van der Waals surface area contributed by atoms with Gasteiger partial charge in [-0.1, -0.05) is 24.4 Å². The highest BCUT2D eigenvalue weighted by Crippen LogP contribution is 2.09. The molecule has 0 radical (unpaired) electrons. The summed E-state index contributed by atoms with van der Waals surface area (Å²) in [6.07, 6.45) is 5.16. The third-order valence-electron chi connectivity index (χ3n) is 1.27. The van der Waals surface area contributed by atoms with Gasteiger partial charge in [0.1, 0.15) is 5.50 Å². The number of rotatable bonds is 6. The zero-order valence-electron chi connectivity index (χ0n) is 6.22. The van der Waals surface area contributed by atoms with Crippen LogP contribution in [0, 0.1) is 0 Å². The van der Waals surface area contributed by atoms with Gasteiger partial charge < -0.3 is 0 Å². The van der Waals surface area contributed by atoms with E-state index < -0.39 is 5.50 Å². The molecule has 0 bridgehead atoms. The second-order valence-electron chi connectivity index (χ2n) is 2.19. The maximum Gasteiger partial charge on any atom is 0.236 e. The molecule has 0 aromatic heterocycles. The number of halogens is 2. The number of unbranched alkanes of at least 4 members (excludes halogenated alkanes) is 2. The summed E-state index contributed by atoms with van der Waals surface area (Å²) in [5, 5.41) is 0. The molecule has 4 heteroatoms. The minimum absolute atomic E-state index is 0.400. The number of hydrogen-bond donors (Lipinski definition) is 0. The van der Waals surface area contributed by atoms with Crippen molar-refractivity contribution >= 4 is 29.3 Å². The van der Waals surface area contributed by atoms with Crippen LogP contribution in [0.3, 0.4) is 0 Å². The number of isocyanates is 1. The van der Waals surface area contributed by atoms with Crippen LogP contribution in [0.4, 0.5) is 0 Å². The first-order chi connectivity index (χ1) is 5.31. The van der Waals surface area contributed by atoms with E-state index in [9.17, 15) is 4.79 Å². The van der Waals surface area contributed by atoms with Crippen molar-refractivity contribution in [2.75, 3.05) is 5.88 Å². The summed E-state index contributed by atoms with van der Waals surface area (Å²) < 4.78 is 0. The molecule has 2 nitrogen and oxygen atoms in total. The summed E-state index contributed by atoms with van der Waals surface area (Å²) in [4.78, 5) is 13.1. The van der Waals surface area contributed by atoms with Gasteiger partial charge >= 0.3 is 0 Å². The molecule has 11 heavy (non-hydrogen) atoms. The molecule has 0 aromatic rings. The highest BCUT2D eigenvalue weighted by molar-refractivity contribution is 6.20. The molecule has 0 spiro atoms. The van der Waals surface area contributed by atoms with Crippen LogP contribution in [0.25, 0.3) is 0 Å². The first-order valence-corrected chi connectivity index (χ1v) is 4.55. The molecule has 0 aliphatic rings. The molecule has 0 aliphatic carbocycles. The molecular formula is C7H11Cl2NO. The largest absolute Gasteiger partial charge is 0.236 e. The zero-order chi connectivity index (χ0) is 8.53. The van der Waals surface area contributed by atoms with E-state index in [1.807, 2.05) is 0 Å². The average molecular weight is 196 g/mol. The maximum absolute atomic E-state index is 9.71. The lowest BCUT2D eigenvalue weighted by Crippen LogP contribution is -1.92. The van der Waals surface area contributed by atoms with Crippen LogP contribution in [0.15, 0.2) is 4.99 Å². The maximum atomic E-state index is 9.71. The van der Waals surface area contributed by atoms with Gasteiger partial charge in [0.15, 0.2) is 0 Å². The SMILES string of the molecule is O=C=NC(Cl)CCCCCCl. The quantitative estimate of drug-likeness (QED) is 0.211. The van der Waals surface area contributed by atoms with Crippen molar-refractivity contribution in [2.45, 2.75) is 31.2 Å². The fourth-order valence-corrected chi connectivity index (χ4v) is 1.09. The number of hydrogen-bond acceptors (Lipinski definition) is 2. The Balaban J connectivity index is 3.17. The molecular weight excluding hydrogens is 185 g/mol. The third kappa shape index (κ3) is 7.86. The van der Waals surface area contributed by atoms with Crippen LogP contribution < -0.4 is 0 Å². The van der Waals surface area contributed by atoms with E-state index >= 15 is 0 Å². The predicted molar refractivity (Wildman–Crippen MR) is 47.0 cm³/mol. The van der Waals surface area contributed by atoms with E-state index in [2.05, 4.69) is 4.99 Å². The first-order valence-electron chi connectivity index (χ1n) is 3.58. The molecule has 0 amide bonds. The van der Waals surface area contributed by atoms with E-state index in [0.29, 0.717) is 5.88 Å². The van der Waals surface area contributed by atoms with Crippen LogP contribution >= 0.6 is 23.2 Å². The summed E-state index contributed by atoms with van der Waals surface area (Å²) in [6, 6.07) is 0. The third-order valence-corrected chi connectivity index (χ3v) is 1.85. The number of aliphatic imine (C=N–C) groups is 1. The van der Waals surface area contributed by atoms with Gasteiger partial charge in [0, 0.05) is 5.88 Å². The normalized spacial score (nSPS) is 12.2. The summed E-state index contributed by atoms with van der Waals surface area (Å²) in [6.45, 7) is 0. The molecule has 1 atom stereocenters. The molecule has 0 rings (SSSR count). The Labute approximate surface area is 76.6 Å². The van der Waals surface area contributed by atoms with Gasteiger partial charge in [-0.15, -0.1) is 11.6 Å². The Morgan fingerprint density at radius 2 is 2.09 bits per heavy atom. The van der Waals surface area contributed by atoms with Crippen molar-refractivity contribution in [1.29, 1.82) is 0 Å². The van der Waals surface area contributed by atoms with Gasteiger partial charge in [0.25, 0.3) is 0 Å². The van der Waals surface area contributed by atoms with Crippen LogP contribution in [0.1, 0.15) is 25.7 Å². The highest BCUT2D eigenvalue weighted by Gasteiger charge is 1.99. The van der Waals surface area contributed by atoms with E-state index in [-0.39, 0.29) is 0 Å². The molecule has 0 heterocycles. The first kappa shape index (κ1) is 11.0. The fraction of sp³-hybridized carbons (Fsp3) is 0.857. The lowest BCUT2D eigenvalue weighted by atomic mass is 10.2. The summed E-state index contributed by atoms with van der Waals surface area (Å²) in [5.41, 5.74) is -0.400. The van der Waals surface area contributed by atoms with Gasteiger partial charge in [0.05, 0.1) is 0 Å². The van der Waals surface area contributed by atoms with Gasteiger partial charge in [-0.3, -0.25) is 0 Å².